The molecular formula is C57H71N3O5. The number of aliphatic hydroxyl groups is 1. The van der Waals surface area contributed by atoms with Gasteiger partial charge < -0.3 is 25.2 Å². The monoisotopic (exact) mass is 878 g/mol. The molecule has 0 aromatic heterocycles. The molecule has 8 nitrogen and oxygen atoms in total. The maximum atomic E-state index is 16.2. The lowest BCUT2D eigenvalue weighted by molar-refractivity contribution is -0.280. The molecule has 0 amide bonds. The number of esters is 2. The van der Waals surface area contributed by atoms with Gasteiger partial charge in [-0.1, -0.05) is 107 Å². The van der Waals surface area contributed by atoms with E-state index in [4.69, 9.17) is 15.2 Å². The summed E-state index contributed by atoms with van der Waals surface area (Å²) in [5, 5.41) is 13.4. The Kier molecular flexibility index (Phi) is 8.99. The number of nitrogens with zero attached hydrogens (tertiary/aromatic N) is 2. The van der Waals surface area contributed by atoms with E-state index in [2.05, 4.69) is 53.2 Å². The average Bonchev–Trinajstić information content (AvgIpc) is 4.02. The summed E-state index contributed by atoms with van der Waals surface area (Å²) in [7, 11) is 0. The second kappa shape index (κ2) is 14.5. The first-order valence-corrected chi connectivity index (χ1v) is 26.8. The minimum Gasteiger partial charge on any atom is -0.509 e. The largest absolute Gasteiger partial charge is 0.509 e. The van der Waals surface area contributed by atoms with Crippen LogP contribution in [0.25, 0.3) is 0 Å². The minimum atomic E-state index is -1.13. The van der Waals surface area contributed by atoms with E-state index in [1.165, 1.54) is 86.5 Å². The average molecular weight is 878 g/mol. The van der Waals surface area contributed by atoms with Crippen LogP contribution >= 0.6 is 0 Å². The van der Waals surface area contributed by atoms with E-state index in [1.807, 2.05) is 0 Å². The van der Waals surface area contributed by atoms with Gasteiger partial charge in [0.05, 0.1) is 17.0 Å². The van der Waals surface area contributed by atoms with Crippen molar-refractivity contribution in [3.8, 4) is 0 Å². The predicted molar refractivity (Wildman–Crippen MR) is 249 cm³/mol. The van der Waals surface area contributed by atoms with Gasteiger partial charge in [-0.15, -0.1) is 0 Å². The van der Waals surface area contributed by atoms with Crippen molar-refractivity contribution in [2.24, 2.45) is 69.8 Å². The van der Waals surface area contributed by atoms with Gasteiger partial charge in [0.15, 0.2) is 11.4 Å². The number of benzene rings is 1. The molecule has 1 aromatic rings. The first-order valence-electron chi connectivity index (χ1n) is 26.8. The van der Waals surface area contributed by atoms with E-state index in [9.17, 15) is 5.11 Å². The molecule has 16 aliphatic rings. The molecule has 3 spiro atoms. The second-order valence-electron chi connectivity index (χ2n) is 24.0. The highest BCUT2D eigenvalue weighted by molar-refractivity contribution is 6.01. The molecule has 8 heteroatoms. The number of allylic oxidation sites excluding steroid dienone is 5. The Morgan fingerprint density at radius 2 is 1.77 bits per heavy atom. The third-order valence-electron chi connectivity index (χ3n) is 21.3. The summed E-state index contributed by atoms with van der Waals surface area (Å²) >= 11 is 0. The molecular weight excluding hydrogens is 807 g/mol. The molecule has 344 valence electrons. The number of carbonyl (C=O) groups is 2. The zero-order chi connectivity index (χ0) is 43.6. The lowest BCUT2D eigenvalue weighted by Gasteiger charge is -2.72. The van der Waals surface area contributed by atoms with Crippen molar-refractivity contribution in [2.45, 2.75) is 153 Å². The van der Waals surface area contributed by atoms with Crippen LogP contribution in [-0.4, -0.2) is 65.1 Å². The molecule has 4 saturated carbocycles. The summed E-state index contributed by atoms with van der Waals surface area (Å²) in [5.41, 5.74) is 12.7. The summed E-state index contributed by atoms with van der Waals surface area (Å²) in [5.74, 6) is 3.79. The number of hydrogen-bond donors (Lipinski definition) is 2. The van der Waals surface area contributed by atoms with Crippen molar-refractivity contribution in [3.05, 3.63) is 92.6 Å². The number of nitrogens with two attached hydrogens (primary N) is 1. The number of fused-ring (bicyclic) bond motifs is 3. The molecule has 13 atom stereocenters. The lowest BCUT2D eigenvalue weighted by Crippen LogP contribution is -2.77. The highest BCUT2D eigenvalue weighted by Crippen LogP contribution is 2.88. The molecule has 17 rings (SSSR count). The van der Waals surface area contributed by atoms with E-state index in [-0.39, 0.29) is 35.6 Å². The first-order chi connectivity index (χ1) is 31.8. The Bertz CT molecular complexity index is 2410. The fourth-order valence-corrected chi connectivity index (χ4v) is 19.1. The van der Waals surface area contributed by atoms with Gasteiger partial charge in [0.25, 0.3) is 0 Å². The van der Waals surface area contributed by atoms with E-state index >= 15 is 9.59 Å². The van der Waals surface area contributed by atoms with Crippen LogP contribution in [0, 0.1) is 64.1 Å². The molecule has 1 unspecified atom stereocenters. The van der Waals surface area contributed by atoms with E-state index in [1.54, 1.807) is 5.70 Å². The summed E-state index contributed by atoms with van der Waals surface area (Å²) in [4.78, 5) is 37.0. The number of ether oxygens (including phenoxy) is 2. The third kappa shape index (κ3) is 5.13. The van der Waals surface area contributed by atoms with Crippen LogP contribution in [0.1, 0.15) is 150 Å². The Balaban J connectivity index is 1.05. The van der Waals surface area contributed by atoms with Gasteiger partial charge in [0.1, 0.15) is 11.2 Å². The SMILES string of the molecule is C[C@H]1CC2=C3[C@H]4C5=C6C(=C[C@@H]41)CC[C@@H](C1CCCC1)C[C@H]1[C@]64C(=O)O/C(=C(\O)C[C@@H](CC6CCCCC6)N6C[C@H]7C[C@@H](C6)[C@@H](C=C2)N3C7)[C@@]4(CC5)[C@]12OC(=O)c1c(CCCN)cccc12. The number of piperidine rings is 2. The van der Waals surface area contributed by atoms with E-state index in [0.717, 1.165) is 75.7 Å². The molecule has 3 N–H and O–H groups in total. The number of aryl methyl sites for hydroxylation is 1. The quantitative estimate of drug-likeness (QED) is 0.272. The molecule has 9 aliphatic heterocycles. The van der Waals surface area contributed by atoms with Gasteiger partial charge in [-0.05, 0) is 134 Å². The Hall–Kier alpha value is -3.62. The van der Waals surface area contributed by atoms with Crippen molar-refractivity contribution < 1.29 is 24.2 Å². The van der Waals surface area contributed by atoms with E-state index in [0.29, 0.717) is 84.6 Å². The lowest BCUT2D eigenvalue weighted by atomic mass is 9.27. The molecule has 0 radical (unpaired) electrons. The summed E-state index contributed by atoms with van der Waals surface area (Å²) in [6.45, 7) is 6.22. The molecule has 12 bridgehead atoms. The molecule has 7 aliphatic carbocycles. The zero-order valence-corrected chi connectivity index (χ0v) is 38.8. The van der Waals surface area contributed by atoms with Crippen LogP contribution < -0.4 is 5.73 Å². The van der Waals surface area contributed by atoms with Crippen molar-refractivity contribution in [1.29, 1.82) is 0 Å². The standard InChI is InChI=1S/C57H71N3O5/c1-32-23-39-18-19-45-40-24-34-29-59(31-40)41(25-33-9-3-2-4-10-33)28-46(61)52-55-21-20-42-49(51(39)60(45)30-34)43(32)26-38-17-16-37(35-11-5-6-12-35)27-47(56(55,50(38)42)54(63)64-52)57(55)44-15-7-13-36(14-8-22-58)48(44)53(62)65-57/h7,13,15,18-19,26,32-35,37,40-41,43,45,47,49,61H,2-6,8-12,14,16-17,20-25,27-31,58H2,1H3/b52-46-/t32-,34+,37+,40-,41+,43+,45+,47-,49-,55+,56+,57+/m0/s1. The molecule has 65 heavy (non-hydrogen) atoms. The minimum absolute atomic E-state index is 0.145. The predicted octanol–water partition coefficient (Wildman–Crippen LogP) is 10.4. The van der Waals surface area contributed by atoms with Crippen LogP contribution in [0.4, 0.5) is 0 Å². The highest BCUT2D eigenvalue weighted by atomic mass is 16.6. The zero-order valence-electron chi connectivity index (χ0n) is 38.8. The second-order valence-corrected chi connectivity index (χ2v) is 24.0. The normalized spacial score (nSPS) is 44.5. The van der Waals surface area contributed by atoms with Crippen molar-refractivity contribution in [3.63, 3.8) is 0 Å². The van der Waals surface area contributed by atoms with E-state index < -0.39 is 16.4 Å². The topological polar surface area (TPSA) is 105 Å². The van der Waals surface area contributed by atoms with Crippen LogP contribution in [-0.2, 0) is 26.3 Å². The van der Waals surface area contributed by atoms with Crippen molar-refractivity contribution >= 4 is 11.9 Å². The fourth-order valence-electron chi connectivity index (χ4n) is 19.1. The number of rotatable bonds is 6. The van der Waals surface area contributed by atoms with Gasteiger partial charge in [-0.3, -0.25) is 9.69 Å². The highest BCUT2D eigenvalue weighted by Gasteiger charge is 2.94. The Morgan fingerprint density at radius 1 is 0.923 bits per heavy atom. The molecule has 3 saturated heterocycles. The van der Waals surface area contributed by atoms with Crippen molar-refractivity contribution in [1.82, 2.24) is 9.80 Å². The van der Waals surface area contributed by atoms with Crippen LogP contribution in [0.2, 0.25) is 0 Å². The van der Waals surface area contributed by atoms with Gasteiger partial charge in [0, 0.05) is 55.2 Å². The van der Waals surface area contributed by atoms with Crippen molar-refractivity contribution in [2.75, 3.05) is 26.2 Å². The first kappa shape index (κ1) is 40.4. The maximum absolute atomic E-state index is 16.2. The van der Waals surface area contributed by atoms with Gasteiger partial charge >= 0.3 is 11.9 Å². The van der Waals surface area contributed by atoms with Crippen LogP contribution in [0.15, 0.2) is 75.9 Å². The van der Waals surface area contributed by atoms with Gasteiger partial charge in [-0.25, -0.2) is 4.79 Å². The smallest absolute Gasteiger partial charge is 0.339 e. The van der Waals surface area contributed by atoms with Crippen LogP contribution in [0.5, 0.6) is 0 Å². The summed E-state index contributed by atoms with van der Waals surface area (Å²) < 4.78 is 14.4. The number of hydrogen-bond acceptors (Lipinski definition) is 8. The summed E-state index contributed by atoms with van der Waals surface area (Å²) in [6.07, 6.45) is 29.0. The van der Waals surface area contributed by atoms with Crippen LogP contribution in [0.3, 0.4) is 0 Å². The maximum Gasteiger partial charge on any atom is 0.339 e. The molecule has 1 aromatic carbocycles. The summed E-state index contributed by atoms with van der Waals surface area (Å²) in [6, 6.07) is 6.91. The molecule has 7 fully saturated rings. The van der Waals surface area contributed by atoms with Gasteiger partial charge in [-0.2, -0.15) is 0 Å². The fraction of sp³-hybridized carbons (Fsp3) is 0.684. The Morgan fingerprint density at radius 3 is 2.62 bits per heavy atom. The number of carbonyl (C=O) groups excluding carboxylic acids is 2. The Labute approximate surface area is 386 Å². The molecule has 9 heterocycles. The third-order valence-corrected chi connectivity index (χ3v) is 21.3. The van der Waals surface area contributed by atoms with Gasteiger partial charge in [0.2, 0.25) is 0 Å². The number of aliphatic hydroxyl groups excluding tert-OH is 1.